The normalized spacial score (nSPS) is 17.9. The number of likely N-dealkylation sites (tertiary alicyclic amines) is 1. The molecule has 3 heterocycles. The molecule has 1 saturated heterocycles. The molecular formula is C20H23N5. The zero-order chi connectivity index (χ0) is 17.1. The van der Waals surface area contributed by atoms with Crippen LogP contribution in [-0.2, 0) is 0 Å². The molecule has 0 amide bonds. The molecule has 1 aliphatic heterocycles. The van der Waals surface area contributed by atoms with E-state index in [0.29, 0.717) is 11.9 Å². The lowest BCUT2D eigenvalue weighted by molar-refractivity contribution is 0.301. The van der Waals surface area contributed by atoms with Gasteiger partial charge in [0, 0.05) is 35.9 Å². The van der Waals surface area contributed by atoms with Crippen LogP contribution in [0.4, 0.5) is 5.82 Å². The quantitative estimate of drug-likeness (QED) is 0.773. The molecule has 0 aliphatic carbocycles. The summed E-state index contributed by atoms with van der Waals surface area (Å²) < 4.78 is 0. The Morgan fingerprint density at radius 1 is 1.16 bits per heavy atom. The molecule has 1 aliphatic rings. The summed E-state index contributed by atoms with van der Waals surface area (Å²) in [4.78, 5) is 16.1. The third-order valence-corrected chi connectivity index (χ3v) is 4.96. The molecule has 1 fully saturated rings. The Hall–Kier alpha value is -2.53. The van der Waals surface area contributed by atoms with Gasteiger partial charge in [-0.25, -0.2) is 9.97 Å². The molecule has 4 rings (SSSR count). The van der Waals surface area contributed by atoms with Gasteiger partial charge in [-0.05, 0) is 57.1 Å². The minimum Gasteiger partial charge on any atom is -0.369 e. The van der Waals surface area contributed by atoms with E-state index in [9.17, 15) is 0 Å². The monoisotopic (exact) mass is 333 g/mol. The van der Waals surface area contributed by atoms with Crippen LogP contribution in [0.3, 0.4) is 0 Å². The van der Waals surface area contributed by atoms with Crippen LogP contribution in [0.15, 0.2) is 48.8 Å². The molecule has 25 heavy (non-hydrogen) atoms. The largest absolute Gasteiger partial charge is 0.369 e. The third-order valence-electron chi connectivity index (χ3n) is 4.96. The van der Waals surface area contributed by atoms with E-state index in [1.165, 1.54) is 19.4 Å². The van der Waals surface area contributed by atoms with Gasteiger partial charge in [0.15, 0.2) is 5.82 Å². The molecule has 3 aromatic rings. The lowest BCUT2D eigenvalue weighted by Gasteiger charge is -2.19. The van der Waals surface area contributed by atoms with E-state index < -0.39 is 0 Å². The number of rotatable bonds is 5. The molecule has 1 aromatic carbocycles. The minimum atomic E-state index is 0.679. The first-order valence-corrected chi connectivity index (χ1v) is 8.92. The molecular weight excluding hydrogens is 310 g/mol. The average molecular weight is 333 g/mol. The second-order valence-electron chi connectivity index (χ2n) is 6.65. The summed E-state index contributed by atoms with van der Waals surface area (Å²) >= 11 is 0. The fourth-order valence-corrected chi connectivity index (χ4v) is 3.54. The maximum atomic E-state index is 4.78. The van der Waals surface area contributed by atoms with Gasteiger partial charge >= 0.3 is 0 Å². The highest BCUT2D eigenvalue weighted by Gasteiger charge is 2.20. The lowest BCUT2D eigenvalue weighted by atomic mass is 10.1. The molecule has 128 valence electrons. The SMILES string of the molecule is CN1CCCC1CCNc1nc(-c2cccnc2)nc2ccccc12. The van der Waals surface area contributed by atoms with Gasteiger partial charge < -0.3 is 10.2 Å². The van der Waals surface area contributed by atoms with Crippen molar-refractivity contribution in [1.82, 2.24) is 19.9 Å². The number of pyridine rings is 1. The van der Waals surface area contributed by atoms with Crippen molar-refractivity contribution in [3.63, 3.8) is 0 Å². The summed E-state index contributed by atoms with van der Waals surface area (Å²) in [5.41, 5.74) is 1.89. The highest BCUT2D eigenvalue weighted by Crippen LogP contribution is 2.25. The van der Waals surface area contributed by atoms with Crippen LogP contribution in [0.5, 0.6) is 0 Å². The van der Waals surface area contributed by atoms with Crippen molar-refractivity contribution >= 4 is 16.7 Å². The highest BCUT2D eigenvalue weighted by molar-refractivity contribution is 5.90. The molecule has 0 saturated carbocycles. The third kappa shape index (κ3) is 3.46. The Bertz CT molecular complexity index is 849. The number of fused-ring (bicyclic) bond motifs is 1. The molecule has 0 radical (unpaired) electrons. The molecule has 1 atom stereocenters. The van der Waals surface area contributed by atoms with Gasteiger partial charge in [-0.15, -0.1) is 0 Å². The van der Waals surface area contributed by atoms with Crippen LogP contribution < -0.4 is 5.32 Å². The van der Waals surface area contributed by atoms with Crippen molar-refractivity contribution in [3.8, 4) is 11.4 Å². The first-order valence-electron chi connectivity index (χ1n) is 8.92. The number of para-hydroxylation sites is 1. The molecule has 0 spiro atoms. The van der Waals surface area contributed by atoms with Gasteiger partial charge in [0.1, 0.15) is 5.82 Å². The van der Waals surface area contributed by atoms with E-state index in [1.54, 1.807) is 12.4 Å². The molecule has 0 bridgehead atoms. The Labute approximate surface area is 148 Å². The summed E-state index contributed by atoms with van der Waals surface area (Å²) in [7, 11) is 2.22. The number of nitrogens with one attached hydrogen (secondary N) is 1. The van der Waals surface area contributed by atoms with Crippen molar-refractivity contribution in [3.05, 3.63) is 48.8 Å². The van der Waals surface area contributed by atoms with Gasteiger partial charge in [0.25, 0.3) is 0 Å². The highest BCUT2D eigenvalue weighted by atomic mass is 15.1. The van der Waals surface area contributed by atoms with Crippen LogP contribution in [0, 0.1) is 0 Å². The molecule has 5 nitrogen and oxygen atoms in total. The summed E-state index contributed by atoms with van der Waals surface area (Å²) in [6, 6.07) is 12.7. The van der Waals surface area contributed by atoms with Gasteiger partial charge in [0.05, 0.1) is 5.52 Å². The molecule has 1 unspecified atom stereocenters. The summed E-state index contributed by atoms with van der Waals surface area (Å²) in [6.45, 7) is 2.13. The number of aromatic nitrogens is 3. The zero-order valence-corrected chi connectivity index (χ0v) is 14.5. The van der Waals surface area contributed by atoms with E-state index >= 15 is 0 Å². The molecule has 2 aromatic heterocycles. The summed E-state index contributed by atoms with van der Waals surface area (Å²) in [6.07, 6.45) is 7.31. The first kappa shape index (κ1) is 16.0. The van der Waals surface area contributed by atoms with Gasteiger partial charge in [0.2, 0.25) is 0 Å². The van der Waals surface area contributed by atoms with E-state index in [4.69, 9.17) is 9.97 Å². The lowest BCUT2D eigenvalue weighted by Crippen LogP contribution is -2.27. The standard InChI is InChI=1S/C20H23N5/c1-25-13-5-7-16(25)10-12-22-20-17-8-2-3-9-18(17)23-19(24-20)15-6-4-11-21-14-15/h2-4,6,8-9,11,14,16H,5,7,10,12-13H2,1H3,(H,22,23,24). The van der Waals surface area contributed by atoms with Crippen LogP contribution in [0.25, 0.3) is 22.3 Å². The number of hydrogen-bond acceptors (Lipinski definition) is 5. The van der Waals surface area contributed by atoms with Crippen LogP contribution in [0.1, 0.15) is 19.3 Å². The van der Waals surface area contributed by atoms with Crippen molar-refractivity contribution in [1.29, 1.82) is 0 Å². The second-order valence-corrected chi connectivity index (χ2v) is 6.65. The van der Waals surface area contributed by atoms with Gasteiger partial charge in [-0.2, -0.15) is 0 Å². The Kier molecular flexibility index (Phi) is 4.57. The molecule has 5 heteroatoms. The summed E-state index contributed by atoms with van der Waals surface area (Å²) in [5, 5.41) is 4.61. The first-order chi connectivity index (χ1) is 12.3. The maximum absolute atomic E-state index is 4.78. The van der Waals surface area contributed by atoms with Crippen LogP contribution in [0.2, 0.25) is 0 Å². The zero-order valence-electron chi connectivity index (χ0n) is 14.5. The topological polar surface area (TPSA) is 53.9 Å². The number of anilines is 1. The van der Waals surface area contributed by atoms with Crippen molar-refractivity contribution in [2.45, 2.75) is 25.3 Å². The van der Waals surface area contributed by atoms with Crippen molar-refractivity contribution in [2.75, 3.05) is 25.5 Å². The van der Waals surface area contributed by atoms with Crippen LogP contribution in [-0.4, -0.2) is 46.0 Å². The fourth-order valence-electron chi connectivity index (χ4n) is 3.54. The Morgan fingerprint density at radius 3 is 2.88 bits per heavy atom. The van der Waals surface area contributed by atoms with E-state index in [1.807, 2.05) is 30.3 Å². The fraction of sp³-hybridized carbons (Fsp3) is 0.350. The average Bonchev–Trinajstić information content (AvgIpc) is 3.07. The minimum absolute atomic E-state index is 0.679. The predicted octanol–water partition coefficient (Wildman–Crippen LogP) is 3.59. The van der Waals surface area contributed by atoms with Crippen molar-refractivity contribution < 1.29 is 0 Å². The number of benzene rings is 1. The smallest absolute Gasteiger partial charge is 0.163 e. The van der Waals surface area contributed by atoms with E-state index in [2.05, 4.69) is 28.3 Å². The predicted molar refractivity (Wildman–Crippen MR) is 102 cm³/mol. The van der Waals surface area contributed by atoms with Gasteiger partial charge in [-0.3, -0.25) is 4.98 Å². The maximum Gasteiger partial charge on any atom is 0.163 e. The summed E-state index contributed by atoms with van der Waals surface area (Å²) in [5.74, 6) is 1.62. The van der Waals surface area contributed by atoms with Crippen LogP contribution >= 0.6 is 0 Å². The van der Waals surface area contributed by atoms with Crippen molar-refractivity contribution in [2.24, 2.45) is 0 Å². The Balaban J connectivity index is 1.60. The number of nitrogens with zero attached hydrogens (tertiary/aromatic N) is 4. The van der Waals surface area contributed by atoms with Gasteiger partial charge in [-0.1, -0.05) is 12.1 Å². The van der Waals surface area contributed by atoms with E-state index in [-0.39, 0.29) is 0 Å². The second kappa shape index (κ2) is 7.15. The van der Waals surface area contributed by atoms with E-state index in [0.717, 1.165) is 35.2 Å². The molecule has 1 N–H and O–H groups in total. The number of hydrogen-bond donors (Lipinski definition) is 1. The Morgan fingerprint density at radius 2 is 2.08 bits per heavy atom.